The minimum absolute atomic E-state index is 0.0272. The molecule has 3 N–H and O–H groups in total. The number of methoxy groups -OCH3 is 2. The van der Waals surface area contributed by atoms with E-state index in [4.69, 9.17) is 28.7 Å². The summed E-state index contributed by atoms with van der Waals surface area (Å²) in [5, 5.41) is 14.7. The summed E-state index contributed by atoms with van der Waals surface area (Å²) >= 11 is 0. The first-order valence-electron chi connectivity index (χ1n) is 29.6. The predicted molar refractivity (Wildman–Crippen MR) is 355 cm³/mol. The number of aryl methyl sites for hydroxylation is 2. The van der Waals surface area contributed by atoms with Gasteiger partial charge in [0.05, 0.1) is 68.1 Å². The van der Waals surface area contributed by atoms with Crippen LogP contribution in [0.4, 0.5) is 0 Å². The molecule has 5 aliphatic rings. The second-order valence-corrected chi connectivity index (χ2v) is 27.0. The van der Waals surface area contributed by atoms with Crippen molar-refractivity contribution >= 4 is 66.7 Å². The Kier molecular flexibility index (Phi) is 25.1. The zero-order valence-electron chi connectivity index (χ0n) is 54.2. The third kappa shape index (κ3) is 20.9. The molecule has 2 fully saturated rings. The Balaban J connectivity index is 0.000000198. The topological polar surface area (TPSA) is 287 Å². The number of carbonyl (C=O) groups excluding carboxylic acids is 4. The van der Waals surface area contributed by atoms with Crippen molar-refractivity contribution in [3.05, 3.63) is 162 Å². The number of nitrogens with one attached hydrogen (secondary N) is 3. The molecule has 0 radical (unpaired) electrons. The van der Waals surface area contributed by atoms with E-state index in [1.165, 1.54) is 5.01 Å². The fourth-order valence-electron chi connectivity index (χ4n) is 10.2. The number of amidine groups is 1. The smallest absolute Gasteiger partial charge is 0.367 e. The van der Waals surface area contributed by atoms with E-state index in [-0.39, 0.29) is 28.7 Å². The van der Waals surface area contributed by atoms with E-state index in [1.807, 2.05) is 114 Å². The Morgan fingerprint density at radius 2 is 1.23 bits per heavy atom. The van der Waals surface area contributed by atoms with Crippen LogP contribution < -0.4 is 38.4 Å². The van der Waals surface area contributed by atoms with Crippen LogP contribution in [-0.4, -0.2) is 156 Å². The van der Waals surface area contributed by atoms with Gasteiger partial charge in [-0.3, -0.25) is 14.4 Å². The van der Waals surface area contributed by atoms with Crippen LogP contribution in [0.5, 0.6) is 28.7 Å². The second-order valence-electron chi connectivity index (χ2n) is 23.3. The molecule has 0 spiro atoms. The van der Waals surface area contributed by atoms with E-state index in [9.17, 15) is 36.0 Å². The van der Waals surface area contributed by atoms with Gasteiger partial charge in [0.1, 0.15) is 66.1 Å². The fraction of sp³-hybridized carbons (Fsp3) is 0.394. The molecule has 92 heavy (non-hydrogen) atoms. The molecule has 0 aliphatic carbocycles. The van der Waals surface area contributed by atoms with Crippen molar-refractivity contribution in [2.45, 2.75) is 111 Å². The van der Waals surface area contributed by atoms with Crippen molar-refractivity contribution in [2.75, 3.05) is 59.8 Å². The van der Waals surface area contributed by atoms with Gasteiger partial charge in [-0.2, -0.15) is 14.5 Å². The highest BCUT2D eigenvalue weighted by molar-refractivity contribution is 7.89. The lowest BCUT2D eigenvalue weighted by Crippen LogP contribution is -2.60. The lowest BCUT2D eigenvalue weighted by atomic mass is 9.81. The van der Waals surface area contributed by atoms with Gasteiger partial charge in [0, 0.05) is 41.5 Å². The van der Waals surface area contributed by atoms with Crippen LogP contribution in [-0.2, 0) is 44.1 Å². The number of hydrogen-bond donors (Lipinski definition) is 3. The van der Waals surface area contributed by atoms with E-state index >= 15 is 0 Å². The van der Waals surface area contributed by atoms with Gasteiger partial charge in [0.15, 0.2) is 5.84 Å². The van der Waals surface area contributed by atoms with Crippen molar-refractivity contribution in [1.82, 2.24) is 29.8 Å². The number of hydrazine groups is 1. The summed E-state index contributed by atoms with van der Waals surface area (Å²) in [7, 11) is -3.92. The number of para-hydroxylation sites is 1. The Morgan fingerprint density at radius 1 is 0.663 bits per heavy atom. The number of piperidine rings is 1. The third-order valence-corrected chi connectivity index (χ3v) is 15.7. The first-order chi connectivity index (χ1) is 43.3. The number of oxime groups is 1. The van der Waals surface area contributed by atoms with Gasteiger partial charge in [-0.1, -0.05) is 93.7 Å². The van der Waals surface area contributed by atoms with E-state index in [1.54, 1.807) is 14.2 Å². The average molecular weight is 1310 g/mol. The molecule has 9 rings (SSSR count). The van der Waals surface area contributed by atoms with Crippen LogP contribution in [0.15, 0.2) is 160 Å². The van der Waals surface area contributed by atoms with Gasteiger partial charge >= 0.3 is 5.97 Å². The summed E-state index contributed by atoms with van der Waals surface area (Å²) in [4.78, 5) is 60.6. The largest absolute Gasteiger partial charge is 0.497 e. The summed E-state index contributed by atoms with van der Waals surface area (Å²) < 4.78 is 76.3. The number of nitrogens with zero attached hydrogens (tertiary/aromatic N) is 7. The summed E-state index contributed by atoms with van der Waals surface area (Å²) in [5.74, 6) is 2.48. The van der Waals surface area contributed by atoms with E-state index in [2.05, 4.69) is 86.3 Å². The molecule has 26 heteroatoms. The second kappa shape index (κ2) is 32.0. The van der Waals surface area contributed by atoms with Crippen molar-refractivity contribution in [3.63, 3.8) is 0 Å². The maximum atomic E-state index is 12.2. The number of aliphatic imine (C=N–C) groups is 2. The molecule has 0 atom stereocenters. The molecule has 4 aromatic rings. The van der Waals surface area contributed by atoms with Gasteiger partial charge in [0.2, 0.25) is 20.0 Å². The van der Waals surface area contributed by atoms with Crippen LogP contribution in [0.3, 0.4) is 0 Å². The molecule has 4 aromatic carbocycles. The Labute approximate surface area is 539 Å². The highest BCUT2D eigenvalue weighted by atomic mass is 32.2. The Hall–Kier alpha value is -8.82. The van der Waals surface area contributed by atoms with Crippen molar-refractivity contribution in [1.29, 1.82) is 0 Å². The normalized spacial score (nSPS) is 16.9. The lowest BCUT2D eigenvalue weighted by Gasteiger charge is -2.46. The maximum Gasteiger partial charge on any atom is 0.367 e. The van der Waals surface area contributed by atoms with Gasteiger partial charge in [-0.25, -0.2) is 46.6 Å². The fourth-order valence-corrected chi connectivity index (χ4v) is 10.9. The molecule has 5 aliphatic heterocycles. The Bertz CT molecular complexity index is 3690. The molecule has 5 heterocycles. The number of unbranched alkanes of at least 4 members (excludes halogenated alkanes) is 2. The van der Waals surface area contributed by atoms with Gasteiger partial charge in [0.25, 0.3) is 17.7 Å². The number of allylic oxidation sites excluding steroid dienone is 1. The molecular weight excluding hydrogens is 1220 g/mol. The summed E-state index contributed by atoms with van der Waals surface area (Å²) in [6.07, 6.45) is 8.40. The lowest BCUT2D eigenvalue weighted by molar-refractivity contribution is -0.147. The number of hydrazone groups is 1. The summed E-state index contributed by atoms with van der Waals surface area (Å²) in [6.45, 7) is 30.1. The zero-order chi connectivity index (χ0) is 67.7. The van der Waals surface area contributed by atoms with Crippen LogP contribution in [0.1, 0.15) is 102 Å². The molecule has 0 saturated carbocycles. The van der Waals surface area contributed by atoms with Gasteiger partial charge < -0.3 is 33.8 Å². The molecule has 3 amide bonds. The number of ether oxygens (including phenoxy) is 5. The Morgan fingerprint density at radius 3 is 1.77 bits per heavy atom. The standard InChI is InChI=1S/C25H29N3O.C20H28N2O3.C13H13NO4.C8H14N4O6S2/c1-17-22(27-23(26-17)18-11-7-6-8-12-18)20-13-9-10-14-21(20)29-19-15-24(2,3)28-25(4,5)16-19;1-6-7-8-9-18-16(4)20(23)22(21-18)10-11-25-19-14(2)12-17(24-5)13-15(19)3;1-9-12(14-18-13(9)15)7-8-17-11-5-3-10(16-2)4-6-11;1-6-7(13)11(4-9-19(2,15)16)12(8(6)14)5-10-20(3,17)18/h6-14,19,28H,1,15-16H2,2-5H3;12-13H,4,6-11H2,1-3,5H3;3-6H,1,7-8H2,2H3;9-10H,1,4-5H2,2-3H3. The predicted octanol–water partition coefficient (Wildman–Crippen LogP) is 8.24. The first kappa shape index (κ1) is 72.2. The van der Waals surface area contributed by atoms with Crippen molar-refractivity contribution in [2.24, 2.45) is 20.2 Å². The van der Waals surface area contributed by atoms with Crippen LogP contribution in [0.2, 0.25) is 0 Å². The quantitative estimate of drug-likeness (QED) is 0.0258. The molecule has 494 valence electrons. The van der Waals surface area contributed by atoms with Crippen LogP contribution in [0.25, 0.3) is 0 Å². The van der Waals surface area contributed by atoms with Gasteiger partial charge in [-0.05, 0) is 114 Å². The first-order valence-corrected chi connectivity index (χ1v) is 33.4. The molecule has 0 bridgehead atoms. The van der Waals surface area contributed by atoms with Crippen molar-refractivity contribution in [3.8, 4) is 28.7 Å². The van der Waals surface area contributed by atoms with E-state index in [0.717, 1.165) is 123 Å². The van der Waals surface area contributed by atoms with E-state index < -0.39 is 51.2 Å². The summed E-state index contributed by atoms with van der Waals surface area (Å²) in [6, 6.07) is 29.2. The van der Waals surface area contributed by atoms with E-state index in [0.29, 0.717) is 54.6 Å². The monoisotopic (exact) mass is 1300 g/mol. The van der Waals surface area contributed by atoms with Crippen molar-refractivity contribution < 1.29 is 64.5 Å². The maximum absolute atomic E-state index is 12.2. The third-order valence-electron chi connectivity index (χ3n) is 14.4. The number of sulfonamides is 2. The zero-order valence-corrected chi connectivity index (χ0v) is 55.8. The summed E-state index contributed by atoms with van der Waals surface area (Å²) in [5.41, 5.74) is 7.26. The minimum atomic E-state index is -3.59. The number of amides is 3. The van der Waals surface area contributed by atoms with Crippen LogP contribution >= 0.6 is 0 Å². The molecule has 2 saturated heterocycles. The molecule has 0 aromatic heterocycles. The van der Waals surface area contributed by atoms with Crippen LogP contribution in [0, 0.1) is 13.8 Å². The highest BCUT2D eigenvalue weighted by Crippen LogP contribution is 2.35. The molecular formula is C66H84N10O14S2. The number of carbonyl (C=O) groups is 4. The number of hydrogen-bond acceptors (Lipinski definition) is 19. The highest BCUT2D eigenvalue weighted by Gasteiger charge is 2.41. The van der Waals surface area contributed by atoms with Gasteiger partial charge in [-0.15, -0.1) is 0 Å². The SMILES string of the molecule is C=C1C(=O)N(CCOc2c(C)cc(OC)cc2C)N=C1CCCCC.C=C1C(=O)N(CNS(C)(=O)=O)N(CNS(C)(=O)=O)C1=O.C=C1C(=O)ON=C1CCOc1ccc(OC)cc1.C=C1N=C(c2ccccc2)N=C1c1ccccc1OC1CC(C)(C)NC(C)(C)C1. The molecule has 0 unspecified atom stereocenters. The average Bonchev–Trinajstić information content (AvgIpc) is 1.62. The number of benzene rings is 4. The molecule has 24 nitrogen and oxygen atoms in total. The number of rotatable bonds is 24. The minimum Gasteiger partial charge on any atom is -0.497 e.